The summed E-state index contributed by atoms with van der Waals surface area (Å²) in [6.07, 6.45) is 4.48. The topological polar surface area (TPSA) is 62.7 Å². The Kier molecular flexibility index (Phi) is 6.02. The average molecular weight is 264 g/mol. The van der Waals surface area contributed by atoms with Crippen molar-refractivity contribution in [2.45, 2.75) is 20.0 Å². The summed E-state index contributed by atoms with van der Waals surface area (Å²) in [4.78, 5) is 16.7. The lowest BCUT2D eigenvalue weighted by Crippen LogP contribution is -2.24. The summed E-state index contributed by atoms with van der Waals surface area (Å²) < 4.78 is 5.48. The molecule has 104 valence electrons. The molecule has 0 fully saturated rings. The Morgan fingerprint density at radius 1 is 1.53 bits per heavy atom. The maximum atomic E-state index is 10.4. The first kappa shape index (κ1) is 15.2. The fourth-order valence-electron chi connectivity index (χ4n) is 1.43. The number of rotatable bonds is 7. The van der Waals surface area contributed by atoms with Gasteiger partial charge in [0.05, 0.1) is 12.7 Å². The molecule has 0 unspecified atom stereocenters. The molecule has 19 heavy (non-hydrogen) atoms. The van der Waals surface area contributed by atoms with Crippen LogP contribution in [-0.2, 0) is 9.53 Å². The van der Waals surface area contributed by atoms with Crippen LogP contribution < -0.4 is 4.90 Å². The van der Waals surface area contributed by atoms with Gasteiger partial charge in [0.25, 0.3) is 0 Å². The van der Waals surface area contributed by atoms with Crippen LogP contribution in [0, 0.1) is 0 Å². The molecule has 1 rings (SSSR count). The van der Waals surface area contributed by atoms with E-state index in [-0.39, 0.29) is 6.10 Å². The van der Waals surface area contributed by atoms with Crippen LogP contribution in [0.25, 0.3) is 6.08 Å². The fraction of sp³-hybridized carbons (Fsp3) is 0.429. The quantitative estimate of drug-likeness (QED) is 0.764. The Morgan fingerprint density at radius 2 is 2.26 bits per heavy atom. The lowest BCUT2D eigenvalue weighted by atomic mass is 10.2. The smallest absolute Gasteiger partial charge is 0.328 e. The third-order valence-electron chi connectivity index (χ3n) is 2.46. The Labute approximate surface area is 113 Å². The molecule has 1 aromatic rings. The number of hydrogen-bond acceptors (Lipinski definition) is 4. The Morgan fingerprint density at radius 3 is 2.79 bits per heavy atom. The van der Waals surface area contributed by atoms with Crippen LogP contribution in [-0.4, -0.2) is 42.4 Å². The number of pyridine rings is 1. The van der Waals surface area contributed by atoms with Gasteiger partial charge in [-0.1, -0.05) is 0 Å². The highest BCUT2D eigenvalue weighted by molar-refractivity contribution is 5.85. The van der Waals surface area contributed by atoms with Gasteiger partial charge in [0, 0.05) is 25.9 Å². The summed E-state index contributed by atoms with van der Waals surface area (Å²) in [6.45, 7) is 5.41. The minimum Gasteiger partial charge on any atom is -0.478 e. The van der Waals surface area contributed by atoms with Crippen LogP contribution in [0.15, 0.2) is 24.4 Å². The number of aromatic nitrogens is 1. The Bertz CT molecular complexity index is 427. The first-order chi connectivity index (χ1) is 8.99. The summed E-state index contributed by atoms with van der Waals surface area (Å²) in [5.41, 5.74) is 0.762. The molecule has 0 spiro atoms. The van der Waals surface area contributed by atoms with Gasteiger partial charge >= 0.3 is 5.97 Å². The van der Waals surface area contributed by atoms with Crippen LogP contribution in [0.3, 0.4) is 0 Å². The van der Waals surface area contributed by atoms with Gasteiger partial charge in [-0.15, -0.1) is 0 Å². The van der Waals surface area contributed by atoms with Crippen molar-refractivity contribution in [2.75, 3.05) is 25.1 Å². The van der Waals surface area contributed by atoms with Crippen LogP contribution in [0.4, 0.5) is 5.82 Å². The average Bonchev–Trinajstić information content (AvgIpc) is 2.36. The van der Waals surface area contributed by atoms with E-state index in [1.807, 2.05) is 37.9 Å². The van der Waals surface area contributed by atoms with E-state index >= 15 is 0 Å². The van der Waals surface area contributed by atoms with Crippen LogP contribution >= 0.6 is 0 Å². The van der Waals surface area contributed by atoms with Crippen molar-refractivity contribution in [1.29, 1.82) is 0 Å². The number of nitrogens with zero attached hydrogens (tertiary/aromatic N) is 2. The molecule has 0 aliphatic carbocycles. The number of aliphatic carboxylic acids is 1. The summed E-state index contributed by atoms with van der Waals surface area (Å²) in [5.74, 6) is -0.133. The molecule has 0 saturated heterocycles. The molecule has 0 aromatic carbocycles. The highest BCUT2D eigenvalue weighted by Crippen LogP contribution is 2.10. The zero-order valence-corrected chi connectivity index (χ0v) is 11.5. The predicted molar refractivity (Wildman–Crippen MR) is 75.3 cm³/mol. The van der Waals surface area contributed by atoms with Gasteiger partial charge in [-0.25, -0.2) is 9.78 Å². The molecular formula is C14H20N2O3. The predicted octanol–water partition coefficient (Wildman–Crippen LogP) is 2.04. The SMILES string of the molecule is CC(C)OCCN(C)c1ccc(/C=C/C(=O)O)cn1. The molecule has 1 heterocycles. The van der Waals surface area contributed by atoms with Crippen molar-refractivity contribution in [1.82, 2.24) is 4.98 Å². The van der Waals surface area contributed by atoms with Crippen molar-refractivity contribution in [3.05, 3.63) is 30.0 Å². The molecular weight excluding hydrogens is 244 g/mol. The third-order valence-corrected chi connectivity index (χ3v) is 2.46. The summed E-state index contributed by atoms with van der Waals surface area (Å²) in [7, 11) is 1.94. The van der Waals surface area contributed by atoms with E-state index < -0.39 is 5.97 Å². The van der Waals surface area contributed by atoms with E-state index in [1.54, 1.807) is 6.20 Å². The molecule has 0 aliphatic rings. The second-order valence-corrected chi connectivity index (χ2v) is 4.46. The van der Waals surface area contributed by atoms with Crippen molar-refractivity contribution in [3.63, 3.8) is 0 Å². The van der Waals surface area contributed by atoms with Crippen molar-refractivity contribution in [2.24, 2.45) is 0 Å². The second kappa shape index (κ2) is 7.53. The lowest BCUT2D eigenvalue weighted by Gasteiger charge is -2.18. The molecule has 1 aromatic heterocycles. The number of hydrogen-bond donors (Lipinski definition) is 1. The van der Waals surface area contributed by atoms with Gasteiger partial charge in [-0.2, -0.15) is 0 Å². The van der Waals surface area contributed by atoms with E-state index in [0.717, 1.165) is 24.0 Å². The maximum Gasteiger partial charge on any atom is 0.328 e. The number of anilines is 1. The molecule has 0 aliphatic heterocycles. The maximum absolute atomic E-state index is 10.4. The minimum absolute atomic E-state index is 0.227. The summed E-state index contributed by atoms with van der Waals surface area (Å²) >= 11 is 0. The number of carboxylic acid groups (broad SMARTS) is 1. The lowest BCUT2D eigenvalue weighted by molar-refractivity contribution is -0.131. The normalized spacial score (nSPS) is 11.2. The van der Waals surface area contributed by atoms with Gasteiger partial charge < -0.3 is 14.7 Å². The molecule has 1 N–H and O–H groups in total. The summed E-state index contributed by atoms with van der Waals surface area (Å²) in [5, 5.41) is 8.53. The van der Waals surface area contributed by atoms with E-state index in [1.165, 1.54) is 6.08 Å². The van der Waals surface area contributed by atoms with Crippen molar-refractivity contribution < 1.29 is 14.6 Å². The summed E-state index contributed by atoms with van der Waals surface area (Å²) in [6, 6.07) is 3.69. The number of carbonyl (C=O) groups is 1. The van der Waals surface area contributed by atoms with Crippen LogP contribution in [0.5, 0.6) is 0 Å². The molecule has 0 bridgehead atoms. The Hall–Kier alpha value is -1.88. The highest BCUT2D eigenvalue weighted by atomic mass is 16.5. The number of likely N-dealkylation sites (N-methyl/N-ethyl adjacent to an activating group) is 1. The zero-order valence-electron chi connectivity index (χ0n) is 11.5. The van der Waals surface area contributed by atoms with Gasteiger partial charge in [0.15, 0.2) is 0 Å². The first-order valence-electron chi connectivity index (χ1n) is 6.19. The van der Waals surface area contributed by atoms with E-state index in [4.69, 9.17) is 9.84 Å². The monoisotopic (exact) mass is 264 g/mol. The highest BCUT2D eigenvalue weighted by Gasteiger charge is 2.02. The molecule has 0 radical (unpaired) electrons. The van der Waals surface area contributed by atoms with E-state index in [2.05, 4.69) is 4.98 Å². The molecule has 0 saturated carbocycles. The van der Waals surface area contributed by atoms with Gasteiger partial charge in [-0.3, -0.25) is 0 Å². The van der Waals surface area contributed by atoms with E-state index in [0.29, 0.717) is 6.61 Å². The van der Waals surface area contributed by atoms with Gasteiger partial charge in [0.2, 0.25) is 0 Å². The van der Waals surface area contributed by atoms with E-state index in [9.17, 15) is 4.79 Å². The van der Waals surface area contributed by atoms with Crippen LogP contribution in [0.1, 0.15) is 19.4 Å². The fourth-order valence-corrected chi connectivity index (χ4v) is 1.43. The van der Waals surface area contributed by atoms with Gasteiger partial charge in [-0.05, 0) is 37.6 Å². The number of ether oxygens (including phenoxy) is 1. The van der Waals surface area contributed by atoms with Gasteiger partial charge in [0.1, 0.15) is 5.82 Å². The Balaban J connectivity index is 2.53. The zero-order chi connectivity index (χ0) is 14.3. The molecule has 0 atom stereocenters. The minimum atomic E-state index is -0.966. The largest absolute Gasteiger partial charge is 0.478 e. The molecule has 5 nitrogen and oxygen atoms in total. The second-order valence-electron chi connectivity index (χ2n) is 4.46. The van der Waals surface area contributed by atoms with Crippen molar-refractivity contribution in [3.8, 4) is 0 Å². The number of carboxylic acids is 1. The first-order valence-corrected chi connectivity index (χ1v) is 6.19. The van der Waals surface area contributed by atoms with Crippen LogP contribution in [0.2, 0.25) is 0 Å². The molecule has 5 heteroatoms. The standard InChI is InChI=1S/C14H20N2O3/c1-11(2)19-9-8-16(3)13-6-4-12(10-15-13)5-7-14(17)18/h4-7,10-11H,8-9H2,1-3H3,(H,17,18)/b7-5+. The molecule has 0 amide bonds. The van der Waals surface area contributed by atoms with Crippen molar-refractivity contribution >= 4 is 17.9 Å². The third kappa shape index (κ3) is 6.01.